The lowest BCUT2D eigenvalue weighted by Crippen LogP contribution is -2.01. The molecule has 13 rings (SSSR count). The summed E-state index contributed by atoms with van der Waals surface area (Å²) in [6.45, 7) is 4.28. The van der Waals surface area contributed by atoms with Gasteiger partial charge in [0, 0.05) is 41.7 Å². The Morgan fingerprint density at radius 1 is 0.443 bits per heavy atom. The number of ether oxygens (including phenoxy) is 1. The topological polar surface area (TPSA) is 151 Å². The Labute approximate surface area is 417 Å². The lowest BCUT2D eigenvalue weighted by atomic mass is 10.1. The van der Waals surface area contributed by atoms with E-state index in [-0.39, 0.29) is 33.2 Å². The van der Waals surface area contributed by atoms with Crippen molar-refractivity contribution in [3.63, 3.8) is 0 Å². The molecule has 0 unspecified atom stereocenters. The summed E-state index contributed by atoms with van der Waals surface area (Å²) >= 11 is 17.7. The molecule has 11 nitrogen and oxygen atoms in total. The minimum atomic E-state index is -0.294. The summed E-state index contributed by atoms with van der Waals surface area (Å²) in [5, 5.41) is 0.536. The second-order valence-electron chi connectivity index (χ2n) is 17.4. The summed E-state index contributed by atoms with van der Waals surface area (Å²) in [6.07, 6.45) is 10.00. The van der Waals surface area contributed by atoms with Crippen LogP contribution >= 0.6 is 34.8 Å². The highest BCUT2D eigenvalue weighted by Gasteiger charge is 2.30. The van der Waals surface area contributed by atoms with Gasteiger partial charge in [-0.3, -0.25) is 0 Å². The minimum absolute atomic E-state index is 0.0776. The van der Waals surface area contributed by atoms with Crippen molar-refractivity contribution in [2.75, 3.05) is 18.9 Å². The van der Waals surface area contributed by atoms with E-state index in [4.69, 9.17) is 45.3 Å². The first kappa shape index (κ1) is 48.6. The fourth-order valence-corrected chi connectivity index (χ4v) is 7.94. The fourth-order valence-electron chi connectivity index (χ4n) is 7.32. The van der Waals surface area contributed by atoms with Gasteiger partial charge < -0.3 is 10.5 Å². The Kier molecular flexibility index (Phi) is 15.3. The standard InChI is InChI=1S/C16H11ClFN3.C16H13FN4.C13H6Cl2FN3.C4H8O.C4H8/c17-16-20-13-8-7-12(9-3-5-11(18)6-4-9)19-15(13)14(21-16)10-1-2-10;17-11-5-3-9(4-6-11)12-7-8-13-15(19-12)14(10-1-2-10)21-16(18)20-13;14-12-11-10(18-13(15)19-12)6-5-9(17-11)7-1-3-8(16)4-2-7;1-2-4-5-3-1;1-4-2-3-4/h3-8,10H,1-2H2;3-8,10H,1-2H2,(H2,18,20,21);1-6H;1-4H2;4H,2-3H2,1H3. The first-order valence-corrected chi connectivity index (χ1v) is 24.2. The van der Waals surface area contributed by atoms with Gasteiger partial charge in [-0.05, 0) is 177 Å². The average Bonchev–Trinajstić information content (AvgIpc) is 4.31. The molecule has 9 aromatic rings. The molecular weight excluding hydrogens is 956 g/mol. The molecule has 1 saturated heterocycles. The third-order valence-electron chi connectivity index (χ3n) is 11.6. The van der Waals surface area contributed by atoms with Crippen LogP contribution in [0.3, 0.4) is 0 Å². The van der Waals surface area contributed by atoms with Crippen LogP contribution in [0.4, 0.5) is 19.1 Å². The summed E-state index contributed by atoms with van der Waals surface area (Å²) < 4.78 is 43.9. The van der Waals surface area contributed by atoms with Crippen LogP contribution in [0.25, 0.3) is 66.9 Å². The Morgan fingerprint density at radius 2 is 0.814 bits per heavy atom. The van der Waals surface area contributed by atoms with Crippen molar-refractivity contribution >= 4 is 73.9 Å². The molecule has 0 radical (unpaired) electrons. The maximum absolute atomic E-state index is 13.0. The number of hydrogen-bond donors (Lipinski definition) is 1. The second kappa shape index (κ2) is 22.1. The molecule has 0 amide bonds. The number of nitrogens with zero attached hydrogens (tertiary/aromatic N) is 9. The summed E-state index contributed by atoms with van der Waals surface area (Å²) in [5.74, 6) is 1.44. The quantitative estimate of drug-likeness (QED) is 0.130. The average molecular weight is 1000 g/mol. The van der Waals surface area contributed by atoms with Gasteiger partial charge in [0.15, 0.2) is 5.15 Å². The zero-order chi connectivity index (χ0) is 48.7. The normalized spacial score (nSPS) is 14.9. The highest BCUT2D eigenvalue weighted by molar-refractivity contribution is 6.35. The maximum atomic E-state index is 13.0. The van der Waals surface area contributed by atoms with Crippen LogP contribution in [-0.4, -0.2) is 58.1 Å². The van der Waals surface area contributed by atoms with Gasteiger partial charge in [0.25, 0.3) is 0 Å². The Morgan fingerprint density at radius 3 is 1.20 bits per heavy atom. The van der Waals surface area contributed by atoms with E-state index in [9.17, 15) is 13.2 Å². The molecule has 1 aliphatic heterocycles. The number of anilines is 1. The van der Waals surface area contributed by atoms with Crippen molar-refractivity contribution in [1.29, 1.82) is 0 Å². The molecule has 356 valence electrons. The molecule has 70 heavy (non-hydrogen) atoms. The molecule has 0 spiro atoms. The van der Waals surface area contributed by atoms with Crippen molar-refractivity contribution in [2.24, 2.45) is 5.92 Å². The molecular formula is C53H46Cl3F3N10O. The third-order valence-corrected chi connectivity index (χ3v) is 12.2. The molecule has 3 saturated carbocycles. The van der Waals surface area contributed by atoms with Gasteiger partial charge in [-0.25, -0.2) is 58.0 Å². The Hall–Kier alpha value is -6.45. The monoisotopic (exact) mass is 1000 g/mol. The largest absolute Gasteiger partial charge is 0.381 e. The van der Waals surface area contributed by atoms with E-state index in [1.165, 1.54) is 62.1 Å². The van der Waals surface area contributed by atoms with E-state index < -0.39 is 0 Å². The van der Waals surface area contributed by atoms with Crippen molar-refractivity contribution in [2.45, 2.75) is 70.1 Å². The SMILES string of the molecule is C1CCOC1.CC1CC1.Fc1ccc(-c2ccc3nc(Cl)nc(C4CC4)c3n2)cc1.Fc1ccc(-c2ccc3nc(Cl)nc(Cl)c3n2)cc1.Nc1nc(C2CC2)c2nc(-c3ccc(F)cc3)ccc2n1. The van der Waals surface area contributed by atoms with Crippen molar-refractivity contribution in [3.8, 4) is 33.8 Å². The van der Waals surface area contributed by atoms with E-state index in [2.05, 4.69) is 51.8 Å². The van der Waals surface area contributed by atoms with Crippen LogP contribution in [0.1, 0.15) is 81.5 Å². The van der Waals surface area contributed by atoms with Crippen molar-refractivity contribution in [3.05, 3.63) is 154 Å². The van der Waals surface area contributed by atoms with Gasteiger partial charge in [0.1, 0.15) is 34.0 Å². The Bertz CT molecular complexity index is 3120. The first-order chi connectivity index (χ1) is 33.9. The lowest BCUT2D eigenvalue weighted by Gasteiger charge is -2.07. The van der Waals surface area contributed by atoms with Gasteiger partial charge in [-0.15, -0.1) is 0 Å². The van der Waals surface area contributed by atoms with E-state index in [0.29, 0.717) is 34.5 Å². The van der Waals surface area contributed by atoms with E-state index >= 15 is 0 Å². The minimum Gasteiger partial charge on any atom is -0.381 e. The molecule has 3 aromatic carbocycles. The molecule has 2 N–H and O–H groups in total. The molecule has 6 aromatic heterocycles. The lowest BCUT2D eigenvalue weighted by molar-refractivity contribution is 0.198. The van der Waals surface area contributed by atoms with Crippen molar-refractivity contribution < 1.29 is 17.9 Å². The van der Waals surface area contributed by atoms with Crippen molar-refractivity contribution in [1.82, 2.24) is 44.9 Å². The van der Waals surface area contributed by atoms with Crippen LogP contribution < -0.4 is 5.73 Å². The number of pyridine rings is 3. The predicted molar refractivity (Wildman–Crippen MR) is 270 cm³/mol. The number of benzene rings is 3. The highest BCUT2D eigenvalue weighted by Crippen LogP contribution is 2.43. The smallest absolute Gasteiger partial charge is 0.224 e. The van der Waals surface area contributed by atoms with Gasteiger partial charge in [0.2, 0.25) is 16.5 Å². The fraction of sp³-hybridized carbons (Fsp3) is 0.264. The third kappa shape index (κ3) is 12.8. The zero-order valence-electron chi connectivity index (χ0n) is 38.0. The molecule has 4 fully saturated rings. The molecule has 17 heteroatoms. The summed E-state index contributed by atoms with van der Waals surface area (Å²) in [7, 11) is 0. The van der Waals surface area contributed by atoms with Crippen LogP contribution in [-0.2, 0) is 4.74 Å². The first-order valence-electron chi connectivity index (χ1n) is 23.1. The van der Waals surface area contributed by atoms with Crippen LogP contribution in [0.15, 0.2) is 109 Å². The number of rotatable bonds is 5. The van der Waals surface area contributed by atoms with Gasteiger partial charge in [-0.1, -0.05) is 31.4 Å². The molecule has 0 atom stereocenters. The van der Waals surface area contributed by atoms with Crippen LogP contribution in [0.2, 0.25) is 15.7 Å². The summed E-state index contributed by atoms with van der Waals surface area (Å²) in [4.78, 5) is 38.8. The van der Waals surface area contributed by atoms with Crippen LogP contribution in [0, 0.1) is 23.4 Å². The van der Waals surface area contributed by atoms with E-state index in [1.807, 2.05) is 24.3 Å². The van der Waals surface area contributed by atoms with E-state index in [0.717, 1.165) is 106 Å². The number of fused-ring (bicyclic) bond motifs is 3. The summed E-state index contributed by atoms with van der Waals surface area (Å²) in [6, 6.07) is 29.7. The highest BCUT2D eigenvalue weighted by atomic mass is 35.5. The van der Waals surface area contributed by atoms with Gasteiger partial charge >= 0.3 is 0 Å². The number of hydrogen-bond acceptors (Lipinski definition) is 11. The maximum Gasteiger partial charge on any atom is 0.224 e. The molecule has 7 heterocycles. The molecule has 0 bridgehead atoms. The van der Waals surface area contributed by atoms with Gasteiger partial charge in [-0.2, -0.15) is 0 Å². The number of aromatic nitrogens is 9. The number of nitrogen functional groups attached to an aromatic ring is 1. The van der Waals surface area contributed by atoms with Crippen LogP contribution in [0.5, 0.6) is 0 Å². The number of halogens is 6. The predicted octanol–water partition coefficient (Wildman–Crippen LogP) is 14.0. The second-order valence-corrected chi connectivity index (χ2v) is 18.4. The number of nitrogens with two attached hydrogens (primary N) is 1. The van der Waals surface area contributed by atoms with Gasteiger partial charge in [0.05, 0.1) is 45.0 Å². The molecule has 3 aliphatic carbocycles. The molecule has 4 aliphatic rings. The van der Waals surface area contributed by atoms with E-state index in [1.54, 1.807) is 48.5 Å². The zero-order valence-corrected chi connectivity index (χ0v) is 40.2. The Balaban J connectivity index is 0.000000119. The summed E-state index contributed by atoms with van der Waals surface area (Å²) in [5.41, 5.74) is 16.5.